The topological polar surface area (TPSA) is 83.6 Å². The van der Waals surface area contributed by atoms with Crippen molar-refractivity contribution in [3.05, 3.63) is 42.4 Å². The van der Waals surface area contributed by atoms with Gasteiger partial charge in [-0.25, -0.2) is 4.98 Å². The molecule has 1 fully saturated rings. The minimum absolute atomic E-state index is 0.0337. The van der Waals surface area contributed by atoms with Crippen molar-refractivity contribution in [3.63, 3.8) is 0 Å². The quantitative estimate of drug-likeness (QED) is 0.937. The highest BCUT2D eigenvalue weighted by atomic mass is 16.4. The van der Waals surface area contributed by atoms with Gasteiger partial charge in [-0.15, -0.1) is 0 Å². The number of benzene rings is 1. The molecule has 6 heteroatoms. The fourth-order valence-electron chi connectivity index (χ4n) is 2.62. The van der Waals surface area contributed by atoms with Crippen LogP contribution in [-0.2, 0) is 9.59 Å². The minimum atomic E-state index is -0.944. The maximum Gasteiger partial charge on any atom is 0.308 e. The van der Waals surface area contributed by atoms with E-state index in [9.17, 15) is 9.59 Å². The second-order valence-electron chi connectivity index (χ2n) is 5.39. The lowest BCUT2D eigenvalue weighted by molar-refractivity contribution is -0.141. The van der Waals surface area contributed by atoms with Gasteiger partial charge in [-0.05, 0) is 6.92 Å². The number of carbonyl (C=O) groups is 2. The molecule has 22 heavy (non-hydrogen) atoms. The van der Waals surface area contributed by atoms with E-state index in [1.54, 1.807) is 13.1 Å². The van der Waals surface area contributed by atoms with Crippen LogP contribution >= 0.6 is 0 Å². The van der Waals surface area contributed by atoms with Gasteiger partial charge in [0.15, 0.2) is 5.76 Å². The summed E-state index contributed by atoms with van der Waals surface area (Å²) >= 11 is 0. The molecule has 0 aliphatic carbocycles. The first kappa shape index (κ1) is 14.3. The molecule has 1 amide bonds. The second-order valence-corrected chi connectivity index (χ2v) is 5.39. The zero-order valence-corrected chi connectivity index (χ0v) is 12.1. The summed E-state index contributed by atoms with van der Waals surface area (Å²) in [6.45, 7) is 1.99. The van der Waals surface area contributed by atoms with E-state index in [0.717, 1.165) is 5.56 Å². The highest BCUT2D eigenvalue weighted by molar-refractivity contribution is 5.86. The first-order valence-corrected chi connectivity index (χ1v) is 7.09. The molecule has 1 N–H and O–H groups in total. The molecule has 6 nitrogen and oxygen atoms in total. The van der Waals surface area contributed by atoms with Crippen molar-refractivity contribution in [1.82, 2.24) is 9.88 Å². The van der Waals surface area contributed by atoms with Gasteiger partial charge in [0.1, 0.15) is 6.04 Å². The lowest BCUT2D eigenvalue weighted by atomic mass is 10.1. The number of oxazole rings is 1. The van der Waals surface area contributed by atoms with Gasteiger partial charge in [-0.3, -0.25) is 9.59 Å². The van der Waals surface area contributed by atoms with Crippen molar-refractivity contribution in [3.8, 4) is 11.3 Å². The molecule has 1 aliphatic rings. The van der Waals surface area contributed by atoms with Crippen LogP contribution in [0.25, 0.3) is 11.3 Å². The molecule has 2 heterocycles. The highest BCUT2D eigenvalue weighted by Crippen LogP contribution is 2.30. The molecule has 1 saturated heterocycles. The summed E-state index contributed by atoms with van der Waals surface area (Å²) in [4.78, 5) is 28.7. The number of carboxylic acids is 1. The van der Waals surface area contributed by atoms with Crippen molar-refractivity contribution < 1.29 is 19.1 Å². The summed E-state index contributed by atoms with van der Waals surface area (Å²) in [5, 5.41) is 9.04. The average molecular weight is 300 g/mol. The van der Waals surface area contributed by atoms with E-state index >= 15 is 0 Å². The Bertz CT molecular complexity index is 695. The zero-order chi connectivity index (χ0) is 15.7. The molecule has 1 aromatic heterocycles. The molecule has 0 saturated carbocycles. The third kappa shape index (κ3) is 2.59. The number of carbonyl (C=O) groups excluding carboxylic acids is 1. The van der Waals surface area contributed by atoms with Crippen molar-refractivity contribution in [2.24, 2.45) is 5.92 Å². The summed E-state index contributed by atoms with van der Waals surface area (Å²) in [5.74, 6) is -0.736. The third-order valence-electron chi connectivity index (χ3n) is 3.91. The number of amides is 1. The van der Waals surface area contributed by atoms with Crippen LogP contribution in [0.5, 0.6) is 0 Å². The van der Waals surface area contributed by atoms with Crippen molar-refractivity contribution in [1.29, 1.82) is 0 Å². The van der Waals surface area contributed by atoms with Gasteiger partial charge in [0.25, 0.3) is 0 Å². The van der Waals surface area contributed by atoms with Crippen LogP contribution in [0.15, 0.2) is 40.9 Å². The van der Waals surface area contributed by atoms with Gasteiger partial charge < -0.3 is 14.4 Å². The molecule has 2 unspecified atom stereocenters. The summed E-state index contributed by atoms with van der Waals surface area (Å²) in [7, 11) is 0. The second kappa shape index (κ2) is 5.63. The van der Waals surface area contributed by atoms with Crippen LogP contribution in [0, 0.1) is 5.92 Å². The Kier molecular flexibility index (Phi) is 3.66. The van der Waals surface area contributed by atoms with Crippen molar-refractivity contribution in [2.45, 2.75) is 19.4 Å². The summed E-state index contributed by atoms with van der Waals surface area (Å²) < 4.78 is 5.74. The number of carboxylic acid groups (broad SMARTS) is 1. The van der Waals surface area contributed by atoms with Crippen molar-refractivity contribution in [2.75, 3.05) is 6.54 Å². The molecule has 1 aliphatic heterocycles. The Hall–Kier alpha value is -2.63. The summed E-state index contributed by atoms with van der Waals surface area (Å²) in [6, 6.07) is 9.17. The largest absolute Gasteiger partial charge is 0.481 e. The van der Waals surface area contributed by atoms with Gasteiger partial charge >= 0.3 is 5.97 Å². The van der Waals surface area contributed by atoms with Gasteiger partial charge in [0.2, 0.25) is 11.8 Å². The van der Waals surface area contributed by atoms with Crippen LogP contribution in [0.1, 0.15) is 25.3 Å². The monoisotopic (exact) mass is 300 g/mol. The molecule has 0 spiro atoms. The smallest absolute Gasteiger partial charge is 0.308 e. The number of likely N-dealkylation sites (tertiary alicyclic amines) is 1. The van der Waals surface area contributed by atoms with Crippen LogP contribution < -0.4 is 0 Å². The maximum atomic E-state index is 12.0. The number of hydrogen-bond donors (Lipinski definition) is 1. The number of nitrogens with zero attached hydrogens (tertiary/aromatic N) is 2. The van der Waals surface area contributed by atoms with Crippen LogP contribution in [0.3, 0.4) is 0 Å². The summed E-state index contributed by atoms with van der Waals surface area (Å²) in [6.07, 6.45) is 1.66. The predicted molar refractivity (Wildman–Crippen MR) is 77.8 cm³/mol. The number of aromatic nitrogens is 1. The van der Waals surface area contributed by atoms with E-state index in [1.165, 1.54) is 4.90 Å². The number of aliphatic carboxylic acids is 1. The molecule has 2 atom stereocenters. The lowest BCUT2D eigenvalue weighted by Crippen LogP contribution is -2.29. The Morgan fingerprint density at radius 2 is 2.14 bits per heavy atom. The van der Waals surface area contributed by atoms with Gasteiger partial charge in [-0.2, -0.15) is 0 Å². The molecule has 114 valence electrons. The van der Waals surface area contributed by atoms with Gasteiger partial charge in [0, 0.05) is 18.5 Å². The SMILES string of the molecule is CC(c1ncc(-c2ccccc2)o1)N1CC(C(=O)O)CC1=O. The van der Waals surface area contributed by atoms with Crippen LogP contribution in [-0.4, -0.2) is 33.4 Å². The maximum absolute atomic E-state index is 12.0. The standard InChI is InChI=1S/C16H16N2O4/c1-10(18-9-12(16(20)21)7-14(18)19)15-17-8-13(22-15)11-5-3-2-4-6-11/h2-6,8,10,12H,7,9H2,1H3,(H,20,21). The Morgan fingerprint density at radius 3 is 2.77 bits per heavy atom. The third-order valence-corrected chi connectivity index (χ3v) is 3.91. The predicted octanol–water partition coefficient (Wildman–Crippen LogP) is 2.34. The highest BCUT2D eigenvalue weighted by Gasteiger charge is 2.38. The molecule has 2 aromatic rings. The lowest BCUT2D eigenvalue weighted by Gasteiger charge is -2.21. The first-order valence-electron chi connectivity index (χ1n) is 7.09. The molecule has 3 rings (SSSR count). The Morgan fingerprint density at radius 1 is 1.41 bits per heavy atom. The fraction of sp³-hybridized carbons (Fsp3) is 0.312. The van der Waals surface area contributed by atoms with Crippen LogP contribution in [0.2, 0.25) is 0 Å². The Labute approximate surface area is 127 Å². The fourth-order valence-corrected chi connectivity index (χ4v) is 2.62. The van der Waals surface area contributed by atoms with E-state index in [0.29, 0.717) is 11.7 Å². The Balaban J connectivity index is 1.79. The minimum Gasteiger partial charge on any atom is -0.481 e. The molecular formula is C16H16N2O4. The van der Waals surface area contributed by atoms with Gasteiger partial charge in [-0.1, -0.05) is 30.3 Å². The van der Waals surface area contributed by atoms with E-state index in [1.807, 2.05) is 30.3 Å². The van der Waals surface area contributed by atoms with E-state index in [-0.39, 0.29) is 24.9 Å². The number of hydrogen-bond acceptors (Lipinski definition) is 4. The molecule has 0 bridgehead atoms. The average Bonchev–Trinajstić information content (AvgIpc) is 3.14. The van der Waals surface area contributed by atoms with Crippen molar-refractivity contribution >= 4 is 11.9 Å². The van der Waals surface area contributed by atoms with E-state index in [2.05, 4.69) is 4.98 Å². The van der Waals surface area contributed by atoms with Gasteiger partial charge in [0.05, 0.1) is 12.1 Å². The number of rotatable bonds is 4. The van der Waals surface area contributed by atoms with Crippen LogP contribution in [0.4, 0.5) is 0 Å². The molecular weight excluding hydrogens is 284 g/mol. The normalized spacial score (nSPS) is 19.4. The zero-order valence-electron chi connectivity index (χ0n) is 12.1. The first-order chi connectivity index (χ1) is 10.6. The summed E-state index contributed by atoms with van der Waals surface area (Å²) in [5.41, 5.74) is 0.907. The van der Waals surface area contributed by atoms with E-state index in [4.69, 9.17) is 9.52 Å². The van der Waals surface area contributed by atoms with E-state index < -0.39 is 11.9 Å². The molecule has 0 radical (unpaired) electrons. The molecule has 1 aromatic carbocycles.